The van der Waals surface area contributed by atoms with Crippen LogP contribution in [0.25, 0.3) is 0 Å². The van der Waals surface area contributed by atoms with Gasteiger partial charge in [0.1, 0.15) is 5.76 Å². The van der Waals surface area contributed by atoms with E-state index in [1.807, 2.05) is 6.07 Å². The van der Waals surface area contributed by atoms with Gasteiger partial charge in [0.05, 0.1) is 6.26 Å². The van der Waals surface area contributed by atoms with Crippen LogP contribution in [-0.2, 0) is 6.42 Å². The molecule has 0 saturated carbocycles. The molecule has 1 fully saturated rings. The van der Waals surface area contributed by atoms with Crippen molar-refractivity contribution in [2.45, 2.75) is 39.2 Å². The molecule has 1 N–H and O–H groups in total. The highest BCUT2D eigenvalue weighted by Gasteiger charge is 2.37. The number of hydrogen-bond donors (Lipinski definition) is 1. The van der Waals surface area contributed by atoms with Gasteiger partial charge in [0.25, 0.3) is 0 Å². The molecule has 2 heteroatoms. The molecule has 1 aliphatic heterocycles. The number of furan rings is 1. The summed E-state index contributed by atoms with van der Waals surface area (Å²) in [4.78, 5) is 0. The van der Waals surface area contributed by atoms with Crippen molar-refractivity contribution in [3.05, 3.63) is 24.2 Å². The van der Waals surface area contributed by atoms with E-state index in [-0.39, 0.29) is 0 Å². The van der Waals surface area contributed by atoms with Crippen LogP contribution in [0.5, 0.6) is 0 Å². The number of nitrogens with one attached hydrogen (secondary N) is 1. The highest BCUT2D eigenvalue weighted by Crippen LogP contribution is 2.36. The van der Waals surface area contributed by atoms with E-state index in [2.05, 4.69) is 25.2 Å². The summed E-state index contributed by atoms with van der Waals surface area (Å²) in [6.07, 6.45) is 5.29. The predicted octanol–water partition coefficient (Wildman–Crippen LogP) is 2.60. The summed E-state index contributed by atoms with van der Waals surface area (Å²) in [6.45, 7) is 5.77. The molecule has 78 valence electrons. The Morgan fingerprint density at radius 1 is 1.64 bits per heavy atom. The molecular formula is C12H19NO. The van der Waals surface area contributed by atoms with Crippen LogP contribution in [0.2, 0.25) is 0 Å². The van der Waals surface area contributed by atoms with Gasteiger partial charge in [-0.15, -0.1) is 0 Å². The third-order valence-corrected chi connectivity index (χ3v) is 3.49. The summed E-state index contributed by atoms with van der Waals surface area (Å²) in [5.74, 6) is 1.12. The SMILES string of the molecule is CCC1NCCC1(C)Cc1ccco1. The van der Waals surface area contributed by atoms with Gasteiger partial charge in [0.2, 0.25) is 0 Å². The van der Waals surface area contributed by atoms with Gasteiger partial charge in [-0.1, -0.05) is 13.8 Å². The fourth-order valence-electron chi connectivity index (χ4n) is 2.61. The van der Waals surface area contributed by atoms with Gasteiger partial charge in [0, 0.05) is 12.5 Å². The van der Waals surface area contributed by atoms with Gasteiger partial charge in [-0.3, -0.25) is 0 Å². The monoisotopic (exact) mass is 193 g/mol. The molecule has 0 radical (unpaired) electrons. The van der Waals surface area contributed by atoms with E-state index in [1.165, 1.54) is 12.8 Å². The van der Waals surface area contributed by atoms with Crippen molar-refractivity contribution in [3.8, 4) is 0 Å². The van der Waals surface area contributed by atoms with Crippen LogP contribution in [0.3, 0.4) is 0 Å². The second kappa shape index (κ2) is 3.77. The average Bonchev–Trinajstić information content (AvgIpc) is 2.75. The Hall–Kier alpha value is -0.760. The van der Waals surface area contributed by atoms with E-state index < -0.39 is 0 Å². The van der Waals surface area contributed by atoms with E-state index in [4.69, 9.17) is 4.42 Å². The number of hydrogen-bond acceptors (Lipinski definition) is 2. The summed E-state index contributed by atoms with van der Waals surface area (Å²) < 4.78 is 5.43. The van der Waals surface area contributed by atoms with E-state index in [1.54, 1.807) is 6.26 Å². The van der Waals surface area contributed by atoms with Crippen LogP contribution in [-0.4, -0.2) is 12.6 Å². The zero-order valence-corrected chi connectivity index (χ0v) is 9.05. The summed E-state index contributed by atoms with van der Waals surface area (Å²) in [6, 6.07) is 4.70. The molecule has 1 saturated heterocycles. The largest absolute Gasteiger partial charge is 0.469 e. The number of rotatable bonds is 3. The van der Waals surface area contributed by atoms with Crippen LogP contribution >= 0.6 is 0 Å². The lowest BCUT2D eigenvalue weighted by molar-refractivity contribution is 0.252. The first-order chi connectivity index (χ1) is 6.74. The maximum atomic E-state index is 5.43. The maximum absolute atomic E-state index is 5.43. The third-order valence-electron chi connectivity index (χ3n) is 3.49. The van der Waals surface area contributed by atoms with E-state index in [0.717, 1.165) is 18.7 Å². The van der Waals surface area contributed by atoms with Crippen molar-refractivity contribution in [1.82, 2.24) is 5.32 Å². The van der Waals surface area contributed by atoms with Gasteiger partial charge < -0.3 is 9.73 Å². The highest BCUT2D eigenvalue weighted by molar-refractivity contribution is 5.06. The molecule has 0 bridgehead atoms. The first-order valence-corrected chi connectivity index (χ1v) is 5.50. The fraction of sp³-hybridized carbons (Fsp3) is 0.667. The first kappa shape index (κ1) is 9.78. The minimum absolute atomic E-state index is 0.382. The van der Waals surface area contributed by atoms with Crippen LogP contribution in [0.15, 0.2) is 22.8 Å². The van der Waals surface area contributed by atoms with Crippen molar-refractivity contribution in [3.63, 3.8) is 0 Å². The second-order valence-electron chi connectivity index (χ2n) is 4.58. The Kier molecular flexibility index (Phi) is 2.64. The van der Waals surface area contributed by atoms with Crippen molar-refractivity contribution < 1.29 is 4.42 Å². The minimum Gasteiger partial charge on any atom is -0.469 e. The Morgan fingerprint density at radius 3 is 3.14 bits per heavy atom. The second-order valence-corrected chi connectivity index (χ2v) is 4.58. The van der Waals surface area contributed by atoms with E-state index in [9.17, 15) is 0 Å². The van der Waals surface area contributed by atoms with Gasteiger partial charge in [-0.2, -0.15) is 0 Å². The lowest BCUT2D eigenvalue weighted by Gasteiger charge is -2.29. The molecule has 0 aliphatic carbocycles. The Labute approximate surface area is 85.7 Å². The summed E-state index contributed by atoms with van der Waals surface area (Å²) >= 11 is 0. The molecule has 14 heavy (non-hydrogen) atoms. The molecule has 2 heterocycles. The minimum atomic E-state index is 0.382. The normalized spacial score (nSPS) is 32.3. The molecule has 2 atom stereocenters. The molecule has 1 aromatic rings. The molecule has 2 unspecified atom stereocenters. The predicted molar refractivity (Wildman–Crippen MR) is 57.2 cm³/mol. The van der Waals surface area contributed by atoms with Gasteiger partial charge in [-0.25, -0.2) is 0 Å². The summed E-state index contributed by atoms with van der Waals surface area (Å²) in [7, 11) is 0. The quantitative estimate of drug-likeness (QED) is 0.798. The molecule has 2 nitrogen and oxygen atoms in total. The smallest absolute Gasteiger partial charge is 0.104 e. The molecule has 1 aromatic heterocycles. The zero-order chi connectivity index (χ0) is 10.0. The van der Waals surface area contributed by atoms with Crippen LogP contribution < -0.4 is 5.32 Å². The fourth-order valence-corrected chi connectivity index (χ4v) is 2.61. The van der Waals surface area contributed by atoms with Gasteiger partial charge in [0.15, 0.2) is 0 Å². The Balaban J connectivity index is 2.08. The molecule has 0 aromatic carbocycles. The standard InChI is InChI=1S/C12H19NO/c1-3-11-12(2,6-7-13-11)9-10-5-4-8-14-10/h4-5,8,11,13H,3,6-7,9H2,1-2H3. The average molecular weight is 193 g/mol. The van der Waals surface area contributed by atoms with Gasteiger partial charge in [-0.05, 0) is 36.9 Å². The molecular weight excluding hydrogens is 174 g/mol. The zero-order valence-electron chi connectivity index (χ0n) is 9.05. The van der Waals surface area contributed by atoms with Crippen molar-refractivity contribution >= 4 is 0 Å². The third kappa shape index (κ3) is 1.71. The maximum Gasteiger partial charge on any atom is 0.104 e. The van der Waals surface area contributed by atoms with Crippen LogP contribution in [0, 0.1) is 5.41 Å². The van der Waals surface area contributed by atoms with Crippen molar-refractivity contribution in [2.24, 2.45) is 5.41 Å². The van der Waals surface area contributed by atoms with Crippen LogP contribution in [0.4, 0.5) is 0 Å². The topological polar surface area (TPSA) is 25.2 Å². The van der Waals surface area contributed by atoms with Gasteiger partial charge >= 0.3 is 0 Å². The Morgan fingerprint density at radius 2 is 2.50 bits per heavy atom. The van der Waals surface area contributed by atoms with E-state index in [0.29, 0.717) is 11.5 Å². The van der Waals surface area contributed by atoms with Crippen molar-refractivity contribution in [1.29, 1.82) is 0 Å². The Bertz CT molecular complexity index is 281. The molecule has 0 amide bonds. The molecule has 1 aliphatic rings. The first-order valence-electron chi connectivity index (χ1n) is 5.50. The van der Waals surface area contributed by atoms with Crippen molar-refractivity contribution in [2.75, 3.05) is 6.54 Å². The molecule has 0 spiro atoms. The lowest BCUT2D eigenvalue weighted by Crippen LogP contribution is -2.35. The summed E-state index contributed by atoms with van der Waals surface area (Å²) in [5.41, 5.74) is 0.382. The molecule has 2 rings (SSSR count). The lowest BCUT2D eigenvalue weighted by atomic mass is 9.78. The van der Waals surface area contributed by atoms with Crippen LogP contribution in [0.1, 0.15) is 32.4 Å². The summed E-state index contributed by atoms with van der Waals surface area (Å²) in [5, 5.41) is 3.57. The highest BCUT2D eigenvalue weighted by atomic mass is 16.3. The van der Waals surface area contributed by atoms with E-state index >= 15 is 0 Å².